The lowest BCUT2D eigenvalue weighted by atomic mass is 10.0. The molecule has 39 heavy (non-hydrogen) atoms. The Balaban J connectivity index is 2.56. The summed E-state index contributed by atoms with van der Waals surface area (Å²) in [6.07, 6.45) is -0.265. The van der Waals surface area contributed by atoms with E-state index in [-0.39, 0.29) is 12.2 Å². The molecule has 0 aromatic heterocycles. The third-order valence-corrected chi connectivity index (χ3v) is 5.36. The van der Waals surface area contributed by atoms with E-state index in [0.717, 1.165) is 0 Å². The van der Waals surface area contributed by atoms with Gasteiger partial charge in [0.15, 0.2) is 5.69 Å². The number of carboxylic acids is 1. The summed E-state index contributed by atoms with van der Waals surface area (Å²) >= 11 is 0. The Bertz CT molecular complexity index is 1260. The summed E-state index contributed by atoms with van der Waals surface area (Å²) in [5.41, 5.74) is -3.40. The number of benzene rings is 2. The summed E-state index contributed by atoms with van der Waals surface area (Å²) in [5, 5.41) is 59.9. The molecule has 17 nitrogen and oxygen atoms in total. The minimum atomic E-state index is -1.51. The van der Waals surface area contributed by atoms with Crippen molar-refractivity contribution < 1.29 is 39.4 Å². The van der Waals surface area contributed by atoms with Crippen LogP contribution in [0.2, 0.25) is 0 Å². The van der Waals surface area contributed by atoms with Gasteiger partial charge in [0.05, 0.1) is 26.9 Å². The second-order valence-corrected chi connectivity index (χ2v) is 8.54. The standard InChI is InChI=1S/C22H24N6O11/c1-11(2)19(22(33)23-10-18(30)31)25-21(32)15(7-12-3-5-14(29)6-4-12)24-20-16(27(36)37)8-13(26(34)35)9-17(20)28(38)39/h3-6,8-9,11,15,19,24,29H,7,10H2,1-2H3,(H,23,33)(H,25,32)(H,30,31). The van der Waals surface area contributed by atoms with Crippen LogP contribution in [0.5, 0.6) is 5.75 Å². The van der Waals surface area contributed by atoms with Crippen LogP contribution in [-0.2, 0) is 20.8 Å². The number of non-ortho nitro benzene ring substituents is 1. The third kappa shape index (κ3) is 8.07. The maximum atomic E-state index is 13.3. The fraction of sp³-hybridized carbons (Fsp3) is 0.318. The maximum Gasteiger partial charge on any atom is 0.322 e. The lowest BCUT2D eigenvalue weighted by molar-refractivity contribution is -0.401. The Kier molecular flexibility index (Phi) is 9.77. The number of amides is 2. The van der Waals surface area contributed by atoms with Gasteiger partial charge in [-0.2, -0.15) is 0 Å². The molecule has 2 aromatic rings. The summed E-state index contributed by atoms with van der Waals surface area (Å²) in [7, 11) is 0. The molecule has 0 spiro atoms. The first-order valence-electron chi connectivity index (χ1n) is 11.2. The Morgan fingerprint density at radius 1 is 0.897 bits per heavy atom. The molecule has 0 aliphatic rings. The Labute approximate surface area is 219 Å². The number of nitrogens with one attached hydrogen (secondary N) is 3. The highest BCUT2D eigenvalue weighted by atomic mass is 16.6. The van der Waals surface area contributed by atoms with E-state index < -0.39 is 79.8 Å². The van der Waals surface area contributed by atoms with Crippen molar-refractivity contribution in [3.63, 3.8) is 0 Å². The number of carbonyl (C=O) groups excluding carboxylic acids is 2. The van der Waals surface area contributed by atoms with E-state index in [1.807, 2.05) is 0 Å². The Morgan fingerprint density at radius 2 is 1.44 bits per heavy atom. The topological polar surface area (TPSA) is 257 Å². The molecule has 2 atom stereocenters. The summed E-state index contributed by atoms with van der Waals surface area (Å²) in [6, 6.07) is 3.63. The van der Waals surface area contributed by atoms with Gasteiger partial charge in [0, 0.05) is 6.42 Å². The number of aliphatic carboxylic acids is 1. The van der Waals surface area contributed by atoms with Gasteiger partial charge in [-0.1, -0.05) is 26.0 Å². The van der Waals surface area contributed by atoms with Crippen LogP contribution in [0, 0.1) is 36.3 Å². The first-order valence-corrected chi connectivity index (χ1v) is 11.2. The van der Waals surface area contributed by atoms with E-state index in [4.69, 9.17) is 5.11 Å². The molecule has 0 aliphatic carbocycles. The number of nitrogens with zero attached hydrogens (tertiary/aromatic N) is 3. The molecule has 2 aromatic carbocycles. The number of aromatic hydroxyl groups is 1. The van der Waals surface area contributed by atoms with Crippen molar-refractivity contribution in [2.24, 2.45) is 5.92 Å². The molecule has 0 saturated heterocycles. The van der Waals surface area contributed by atoms with Gasteiger partial charge >= 0.3 is 17.3 Å². The quantitative estimate of drug-likeness (QED) is 0.176. The minimum Gasteiger partial charge on any atom is -0.508 e. The van der Waals surface area contributed by atoms with Crippen LogP contribution in [0.4, 0.5) is 22.7 Å². The summed E-state index contributed by atoms with van der Waals surface area (Å²) in [6.45, 7) is 2.38. The van der Waals surface area contributed by atoms with Crippen molar-refractivity contribution in [2.45, 2.75) is 32.4 Å². The van der Waals surface area contributed by atoms with Crippen LogP contribution in [0.3, 0.4) is 0 Å². The van der Waals surface area contributed by atoms with Crippen LogP contribution in [-0.4, -0.2) is 61.4 Å². The van der Waals surface area contributed by atoms with E-state index >= 15 is 0 Å². The number of hydrogen-bond acceptors (Lipinski definition) is 11. The first-order chi connectivity index (χ1) is 18.2. The van der Waals surface area contributed by atoms with Gasteiger partial charge in [-0.15, -0.1) is 0 Å². The third-order valence-electron chi connectivity index (χ3n) is 5.36. The first kappa shape index (κ1) is 29.9. The largest absolute Gasteiger partial charge is 0.508 e. The molecule has 0 saturated carbocycles. The van der Waals surface area contributed by atoms with Gasteiger partial charge in [-0.3, -0.25) is 44.7 Å². The highest BCUT2D eigenvalue weighted by Gasteiger charge is 2.35. The van der Waals surface area contributed by atoms with E-state index in [1.165, 1.54) is 24.3 Å². The number of hydrogen-bond donors (Lipinski definition) is 5. The molecule has 17 heteroatoms. The number of rotatable bonds is 13. The number of carboxylic acid groups (broad SMARTS) is 1. The second-order valence-electron chi connectivity index (χ2n) is 8.54. The van der Waals surface area contributed by atoms with Gasteiger partial charge < -0.3 is 26.2 Å². The molecule has 2 amide bonds. The number of anilines is 1. The fourth-order valence-corrected chi connectivity index (χ4v) is 3.45. The van der Waals surface area contributed by atoms with Crippen LogP contribution in [0.1, 0.15) is 19.4 Å². The molecule has 0 radical (unpaired) electrons. The van der Waals surface area contributed by atoms with Crippen molar-refractivity contribution in [1.82, 2.24) is 10.6 Å². The SMILES string of the molecule is CC(C)C(NC(=O)C(Cc1ccc(O)cc1)Nc1c([N+](=O)[O-])cc([N+](=O)[O-])cc1[N+](=O)[O-])C(=O)NCC(=O)O. The van der Waals surface area contributed by atoms with E-state index in [2.05, 4.69) is 16.0 Å². The minimum absolute atomic E-state index is 0.107. The zero-order valence-corrected chi connectivity index (χ0v) is 20.5. The Hall–Kier alpha value is -5.35. The lowest BCUT2D eigenvalue weighted by Gasteiger charge is -2.25. The van der Waals surface area contributed by atoms with Gasteiger partial charge in [0.25, 0.3) is 5.69 Å². The van der Waals surface area contributed by atoms with Crippen LogP contribution in [0.25, 0.3) is 0 Å². The van der Waals surface area contributed by atoms with Crippen LogP contribution < -0.4 is 16.0 Å². The fourth-order valence-electron chi connectivity index (χ4n) is 3.45. The van der Waals surface area contributed by atoms with Gasteiger partial charge in [-0.25, -0.2) is 0 Å². The number of nitro benzene ring substituents is 3. The maximum absolute atomic E-state index is 13.3. The zero-order valence-electron chi connectivity index (χ0n) is 20.5. The number of phenols is 1. The molecule has 2 rings (SSSR count). The highest BCUT2D eigenvalue weighted by molar-refractivity contribution is 5.93. The smallest absolute Gasteiger partial charge is 0.322 e. The summed E-state index contributed by atoms with van der Waals surface area (Å²) in [4.78, 5) is 68.0. The summed E-state index contributed by atoms with van der Waals surface area (Å²) < 4.78 is 0. The molecule has 0 fully saturated rings. The van der Waals surface area contributed by atoms with Gasteiger partial charge in [0.2, 0.25) is 11.8 Å². The molecular formula is C22H24N6O11. The molecule has 2 unspecified atom stereocenters. The zero-order chi connectivity index (χ0) is 29.4. The lowest BCUT2D eigenvalue weighted by Crippen LogP contribution is -2.54. The molecular weight excluding hydrogens is 524 g/mol. The van der Waals surface area contributed by atoms with Gasteiger partial charge in [-0.05, 0) is 23.6 Å². The molecule has 0 heterocycles. The van der Waals surface area contributed by atoms with Crippen molar-refractivity contribution in [2.75, 3.05) is 11.9 Å². The molecule has 208 valence electrons. The molecule has 5 N–H and O–H groups in total. The molecule has 0 aliphatic heterocycles. The van der Waals surface area contributed by atoms with E-state index in [9.17, 15) is 49.8 Å². The number of carbonyl (C=O) groups is 3. The van der Waals surface area contributed by atoms with Crippen LogP contribution >= 0.6 is 0 Å². The van der Waals surface area contributed by atoms with Crippen molar-refractivity contribution >= 4 is 40.5 Å². The monoisotopic (exact) mass is 548 g/mol. The predicted molar refractivity (Wildman–Crippen MR) is 133 cm³/mol. The van der Waals surface area contributed by atoms with Crippen LogP contribution in [0.15, 0.2) is 36.4 Å². The average molecular weight is 548 g/mol. The van der Waals surface area contributed by atoms with E-state index in [1.54, 1.807) is 13.8 Å². The van der Waals surface area contributed by atoms with Crippen molar-refractivity contribution in [3.8, 4) is 5.75 Å². The van der Waals surface area contributed by atoms with Crippen molar-refractivity contribution in [1.29, 1.82) is 0 Å². The van der Waals surface area contributed by atoms with Crippen molar-refractivity contribution in [3.05, 3.63) is 72.3 Å². The number of nitro groups is 3. The Morgan fingerprint density at radius 3 is 1.87 bits per heavy atom. The van der Waals surface area contributed by atoms with E-state index in [0.29, 0.717) is 17.7 Å². The molecule has 0 bridgehead atoms. The summed E-state index contributed by atoms with van der Waals surface area (Å²) in [5.74, 6) is -3.78. The second kappa shape index (κ2) is 12.7. The average Bonchev–Trinajstić information content (AvgIpc) is 2.85. The normalized spacial score (nSPS) is 12.2. The highest BCUT2D eigenvalue weighted by Crippen LogP contribution is 2.39. The van der Waals surface area contributed by atoms with Gasteiger partial charge in [0.1, 0.15) is 24.4 Å². The predicted octanol–water partition coefficient (Wildman–Crippen LogP) is 1.48. The number of phenolic OH excluding ortho intramolecular Hbond substituents is 1.